The topological polar surface area (TPSA) is 0 Å². The Morgan fingerprint density at radius 1 is 1.25 bits per heavy atom. The van der Waals surface area contributed by atoms with Crippen LogP contribution in [0.25, 0.3) is 0 Å². The molecule has 0 saturated heterocycles. The second-order valence-corrected chi connectivity index (χ2v) is 7.56. The lowest BCUT2D eigenvalue weighted by molar-refractivity contribution is 2.13. The SMILES string of the molecule is CP(C)C.[B]C(Br)Br. The van der Waals surface area contributed by atoms with Crippen LogP contribution in [-0.2, 0) is 0 Å². The second kappa shape index (κ2) is 8.45. The van der Waals surface area contributed by atoms with Gasteiger partial charge in [-0.05, 0) is 20.0 Å². The third-order valence-corrected chi connectivity index (χ3v) is 0. The van der Waals surface area contributed by atoms with Gasteiger partial charge in [0.05, 0.1) is 0 Å². The minimum Gasteiger partial charge on any atom is -0.116 e. The zero-order valence-electron chi connectivity index (χ0n) is 5.36. The number of alkyl halides is 2. The normalized spacial score (nSPS) is 8.88. The molecule has 0 aliphatic rings. The number of hydrogen-bond donors (Lipinski definition) is 0. The van der Waals surface area contributed by atoms with E-state index in [2.05, 4.69) is 51.9 Å². The van der Waals surface area contributed by atoms with Crippen molar-refractivity contribution < 1.29 is 0 Å². The van der Waals surface area contributed by atoms with Crippen LogP contribution in [0.4, 0.5) is 0 Å². The maximum atomic E-state index is 4.94. The summed E-state index contributed by atoms with van der Waals surface area (Å²) < 4.78 is -0.0417. The Labute approximate surface area is 71.2 Å². The Morgan fingerprint density at radius 3 is 1.25 bits per heavy atom. The fourth-order valence-electron chi connectivity index (χ4n) is 0. The summed E-state index contributed by atoms with van der Waals surface area (Å²) in [7, 11) is 5.32. The van der Waals surface area contributed by atoms with Crippen molar-refractivity contribution >= 4 is 47.6 Å². The van der Waals surface area contributed by atoms with Crippen LogP contribution < -0.4 is 0 Å². The smallest absolute Gasteiger partial charge is 0.101 e. The van der Waals surface area contributed by atoms with Crippen molar-refractivity contribution in [3.05, 3.63) is 0 Å². The molecule has 0 aliphatic carbocycles. The molecule has 2 radical (unpaired) electrons. The molecule has 0 aromatic carbocycles. The summed E-state index contributed by atoms with van der Waals surface area (Å²) in [6.07, 6.45) is 0. The van der Waals surface area contributed by atoms with Crippen LogP contribution in [0.1, 0.15) is 0 Å². The molecular weight excluding hydrogens is 250 g/mol. The fourth-order valence-corrected chi connectivity index (χ4v) is 0. The van der Waals surface area contributed by atoms with Crippen LogP contribution in [0.5, 0.6) is 0 Å². The molecule has 0 N–H and O–H groups in total. The van der Waals surface area contributed by atoms with Gasteiger partial charge in [-0.1, -0.05) is 31.9 Å². The average Bonchev–Trinajstić information content (AvgIpc) is 1.25. The van der Waals surface area contributed by atoms with Crippen LogP contribution in [0, 0.1) is 0 Å². The summed E-state index contributed by atoms with van der Waals surface area (Å²) in [6, 6.07) is 0. The molecule has 48 valence electrons. The van der Waals surface area contributed by atoms with E-state index in [4.69, 9.17) is 7.85 Å². The molecule has 0 aromatic rings. The monoisotopic (exact) mass is 258 g/mol. The fraction of sp³-hybridized carbons (Fsp3) is 1.00. The van der Waals surface area contributed by atoms with E-state index in [1.165, 1.54) is 0 Å². The largest absolute Gasteiger partial charge is 0.116 e. The molecule has 0 aliphatic heterocycles. The Morgan fingerprint density at radius 2 is 1.25 bits per heavy atom. The predicted octanol–water partition coefficient (Wildman–Crippen LogP) is 2.59. The number of hydrogen-bond acceptors (Lipinski definition) is 0. The summed E-state index contributed by atoms with van der Waals surface area (Å²) in [5.74, 6) is 0. The van der Waals surface area contributed by atoms with E-state index in [-0.39, 0.29) is 3.64 Å². The molecule has 0 spiro atoms. The summed E-state index contributed by atoms with van der Waals surface area (Å²) in [6.45, 7) is 6.69. The summed E-state index contributed by atoms with van der Waals surface area (Å²) >= 11 is 5.93. The van der Waals surface area contributed by atoms with Gasteiger partial charge < -0.3 is 0 Å². The lowest BCUT2D eigenvalue weighted by atomic mass is 10.2. The Kier molecular flexibility index (Phi) is 12.9. The maximum absolute atomic E-state index is 4.94. The zero-order chi connectivity index (χ0) is 7.15. The summed E-state index contributed by atoms with van der Waals surface area (Å²) in [4.78, 5) is 0. The third kappa shape index (κ3) is 147. The maximum Gasteiger partial charge on any atom is 0.101 e. The lowest BCUT2D eigenvalue weighted by Crippen LogP contribution is -1.73. The molecule has 0 bridgehead atoms. The molecule has 0 unspecified atom stereocenters. The second-order valence-electron chi connectivity index (χ2n) is 1.68. The highest BCUT2D eigenvalue weighted by atomic mass is 79.9. The van der Waals surface area contributed by atoms with Crippen molar-refractivity contribution in [2.45, 2.75) is 3.64 Å². The van der Waals surface area contributed by atoms with Gasteiger partial charge in [0.15, 0.2) is 0 Å². The van der Waals surface area contributed by atoms with Crippen LogP contribution in [-0.4, -0.2) is 31.5 Å². The first kappa shape index (κ1) is 12.2. The first-order chi connectivity index (χ1) is 3.46. The summed E-state index contributed by atoms with van der Waals surface area (Å²) in [5, 5.41) is 0. The third-order valence-electron chi connectivity index (χ3n) is 0. The van der Waals surface area contributed by atoms with Crippen LogP contribution in [0.3, 0.4) is 0 Å². The minimum atomic E-state index is -0.0417. The first-order valence-corrected chi connectivity index (χ1v) is 6.63. The van der Waals surface area contributed by atoms with Crippen molar-refractivity contribution in [2.24, 2.45) is 0 Å². The van der Waals surface area contributed by atoms with Crippen molar-refractivity contribution in [3.8, 4) is 0 Å². The predicted molar refractivity (Wildman–Crippen MR) is 52.1 cm³/mol. The number of halogens is 2. The molecule has 0 atom stereocenters. The van der Waals surface area contributed by atoms with E-state index < -0.39 is 0 Å². The Bertz CT molecular complexity index is 29.5. The van der Waals surface area contributed by atoms with E-state index in [1.54, 1.807) is 0 Å². The molecule has 0 aromatic heterocycles. The highest BCUT2D eigenvalue weighted by Gasteiger charge is 1.74. The van der Waals surface area contributed by atoms with E-state index in [1.807, 2.05) is 0 Å². The average molecular weight is 260 g/mol. The number of rotatable bonds is 0. The van der Waals surface area contributed by atoms with E-state index in [0.717, 1.165) is 0 Å². The molecule has 4 heteroatoms. The van der Waals surface area contributed by atoms with Gasteiger partial charge in [0.25, 0.3) is 0 Å². The van der Waals surface area contributed by atoms with Crippen molar-refractivity contribution in [3.63, 3.8) is 0 Å². The molecular formula is C4H10BBr2P. The minimum absolute atomic E-state index is 0.0417. The molecule has 8 heavy (non-hydrogen) atoms. The van der Waals surface area contributed by atoms with E-state index >= 15 is 0 Å². The molecule has 0 rings (SSSR count). The van der Waals surface area contributed by atoms with Crippen LogP contribution >= 0.6 is 39.8 Å². The van der Waals surface area contributed by atoms with Crippen LogP contribution in [0.2, 0.25) is 0 Å². The molecule has 0 nitrogen and oxygen atoms in total. The first-order valence-electron chi connectivity index (χ1n) is 2.11. The van der Waals surface area contributed by atoms with Gasteiger partial charge in [-0.3, -0.25) is 0 Å². The highest BCUT2D eigenvalue weighted by molar-refractivity contribution is 9.25. The highest BCUT2D eigenvalue weighted by Crippen LogP contribution is 2.14. The van der Waals surface area contributed by atoms with Gasteiger partial charge in [0, 0.05) is 3.64 Å². The van der Waals surface area contributed by atoms with Gasteiger partial charge in [-0.25, -0.2) is 0 Å². The van der Waals surface area contributed by atoms with Gasteiger partial charge in [0.1, 0.15) is 7.85 Å². The lowest BCUT2D eigenvalue weighted by Gasteiger charge is -1.81. The van der Waals surface area contributed by atoms with Crippen molar-refractivity contribution in [1.29, 1.82) is 0 Å². The van der Waals surface area contributed by atoms with Crippen molar-refractivity contribution in [1.82, 2.24) is 0 Å². The molecule has 0 fully saturated rings. The van der Waals surface area contributed by atoms with Gasteiger partial charge in [-0.2, -0.15) is 0 Å². The van der Waals surface area contributed by atoms with Gasteiger partial charge in [0.2, 0.25) is 0 Å². The zero-order valence-corrected chi connectivity index (χ0v) is 9.42. The van der Waals surface area contributed by atoms with E-state index in [9.17, 15) is 0 Å². The summed E-state index contributed by atoms with van der Waals surface area (Å²) in [5.41, 5.74) is 0. The standard InChI is InChI=1S/C3H9P.CHBBr2/c1-4(2)3;2-1(3)4/h1-3H3;1H. The molecule has 0 saturated carbocycles. The van der Waals surface area contributed by atoms with Gasteiger partial charge >= 0.3 is 0 Å². The Balaban J connectivity index is 0. The molecule has 0 amide bonds. The van der Waals surface area contributed by atoms with Crippen molar-refractivity contribution in [2.75, 3.05) is 20.0 Å². The van der Waals surface area contributed by atoms with E-state index in [0.29, 0.717) is 7.92 Å². The quantitative estimate of drug-likeness (QED) is 0.356. The van der Waals surface area contributed by atoms with Crippen LogP contribution in [0.15, 0.2) is 0 Å². The Hall–Kier alpha value is 1.45. The van der Waals surface area contributed by atoms with Gasteiger partial charge in [-0.15, -0.1) is 7.92 Å². The molecule has 0 heterocycles.